The number of anilines is 1. The third kappa shape index (κ3) is 3.23. The summed E-state index contributed by atoms with van der Waals surface area (Å²) >= 11 is 0. The first-order chi connectivity index (χ1) is 10.6. The molecule has 1 aromatic heterocycles. The van der Waals surface area contributed by atoms with E-state index >= 15 is 0 Å². The van der Waals surface area contributed by atoms with Crippen molar-refractivity contribution in [2.24, 2.45) is 5.92 Å². The number of nitrogens with zero attached hydrogens (tertiary/aromatic N) is 4. The number of pyridine rings is 1. The molecular formula is C16H24N4O2. The summed E-state index contributed by atoms with van der Waals surface area (Å²) in [5.74, 6) is -0.173. The molecule has 120 valence electrons. The molecule has 0 bridgehead atoms. The molecule has 0 spiro atoms. The largest absolute Gasteiger partial charge is 0.392 e. The molecule has 6 nitrogen and oxygen atoms in total. The van der Waals surface area contributed by atoms with Crippen molar-refractivity contribution in [1.29, 1.82) is 0 Å². The number of hydrogen-bond donors (Lipinski definition) is 1. The fourth-order valence-corrected chi connectivity index (χ4v) is 3.31. The lowest BCUT2D eigenvalue weighted by atomic mass is 9.93. The van der Waals surface area contributed by atoms with Crippen molar-refractivity contribution in [1.82, 2.24) is 14.8 Å². The van der Waals surface area contributed by atoms with E-state index in [2.05, 4.69) is 14.8 Å². The van der Waals surface area contributed by atoms with E-state index in [4.69, 9.17) is 0 Å². The molecule has 2 fully saturated rings. The number of hydrogen-bond acceptors (Lipinski definition) is 5. The minimum atomic E-state index is -0.500. The van der Waals surface area contributed by atoms with E-state index < -0.39 is 6.10 Å². The minimum Gasteiger partial charge on any atom is -0.392 e. The van der Waals surface area contributed by atoms with E-state index in [1.807, 2.05) is 30.3 Å². The van der Waals surface area contributed by atoms with Crippen LogP contribution < -0.4 is 4.90 Å². The van der Waals surface area contributed by atoms with E-state index in [9.17, 15) is 9.90 Å². The second kappa shape index (κ2) is 6.62. The van der Waals surface area contributed by atoms with Crippen LogP contribution in [0.1, 0.15) is 6.42 Å². The zero-order valence-corrected chi connectivity index (χ0v) is 13.1. The molecule has 3 rings (SSSR count). The minimum absolute atomic E-state index is 0.102. The standard InChI is InChI=1S/C16H24N4O2/c1-18-6-4-15(21)14(12-18)16(22)20-9-7-19(8-10-20)13-3-2-5-17-11-13/h2-3,5,11,14-15,21H,4,6-10,12H2,1H3/t14-,15+/m1/s1. The first-order valence-electron chi connectivity index (χ1n) is 7.95. The van der Waals surface area contributed by atoms with Crippen LogP contribution in [0.2, 0.25) is 0 Å². The Labute approximate surface area is 131 Å². The van der Waals surface area contributed by atoms with Crippen LogP contribution in [-0.4, -0.2) is 78.2 Å². The van der Waals surface area contributed by atoms with Crippen LogP contribution in [0.3, 0.4) is 0 Å². The third-order valence-electron chi connectivity index (χ3n) is 4.70. The predicted molar refractivity (Wildman–Crippen MR) is 84.6 cm³/mol. The van der Waals surface area contributed by atoms with E-state index in [1.165, 1.54) is 0 Å². The number of aliphatic hydroxyl groups is 1. The van der Waals surface area contributed by atoms with Gasteiger partial charge in [-0.25, -0.2) is 0 Å². The van der Waals surface area contributed by atoms with Gasteiger partial charge >= 0.3 is 0 Å². The van der Waals surface area contributed by atoms with Gasteiger partial charge in [-0.1, -0.05) is 0 Å². The van der Waals surface area contributed by atoms with E-state index in [-0.39, 0.29) is 11.8 Å². The van der Waals surface area contributed by atoms with Gasteiger partial charge in [0.2, 0.25) is 5.91 Å². The summed E-state index contributed by atoms with van der Waals surface area (Å²) in [6.45, 7) is 4.57. The topological polar surface area (TPSA) is 59.9 Å². The lowest BCUT2D eigenvalue weighted by Gasteiger charge is -2.40. The highest BCUT2D eigenvalue weighted by Gasteiger charge is 2.35. The normalized spacial score (nSPS) is 27.0. The molecule has 0 saturated carbocycles. The molecule has 0 aromatic carbocycles. The third-order valence-corrected chi connectivity index (χ3v) is 4.70. The average molecular weight is 304 g/mol. The second-order valence-electron chi connectivity index (χ2n) is 6.25. The molecule has 2 aliphatic heterocycles. The van der Waals surface area contributed by atoms with Gasteiger partial charge in [0.1, 0.15) is 0 Å². The van der Waals surface area contributed by atoms with Gasteiger partial charge in [-0.3, -0.25) is 9.78 Å². The first kappa shape index (κ1) is 15.2. The molecule has 1 N–H and O–H groups in total. The van der Waals surface area contributed by atoms with E-state index in [0.29, 0.717) is 26.1 Å². The zero-order chi connectivity index (χ0) is 15.5. The fraction of sp³-hybridized carbons (Fsp3) is 0.625. The van der Waals surface area contributed by atoms with Gasteiger partial charge in [-0.05, 0) is 25.6 Å². The van der Waals surface area contributed by atoms with Crippen molar-refractivity contribution in [3.05, 3.63) is 24.5 Å². The number of amides is 1. The summed E-state index contributed by atoms with van der Waals surface area (Å²) in [7, 11) is 2.01. The SMILES string of the molecule is CN1CC[C@H](O)[C@H](C(=O)N2CCN(c3cccnc3)CC2)C1. The van der Waals surface area contributed by atoms with Crippen LogP contribution in [0.15, 0.2) is 24.5 Å². The van der Waals surface area contributed by atoms with Crippen LogP contribution in [-0.2, 0) is 4.79 Å². The Hall–Kier alpha value is -1.66. The molecule has 22 heavy (non-hydrogen) atoms. The smallest absolute Gasteiger partial charge is 0.229 e. The maximum Gasteiger partial charge on any atom is 0.229 e. The van der Waals surface area contributed by atoms with Gasteiger partial charge in [0.05, 0.1) is 23.9 Å². The molecule has 0 aliphatic carbocycles. The number of carbonyl (C=O) groups excluding carboxylic acids is 1. The number of piperazine rings is 1. The Bertz CT molecular complexity index is 502. The number of aromatic nitrogens is 1. The predicted octanol–water partition coefficient (Wildman–Crippen LogP) is 0.0428. The van der Waals surface area contributed by atoms with Crippen LogP contribution in [0.25, 0.3) is 0 Å². The molecule has 1 amide bonds. The van der Waals surface area contributed by atoms with Crippen LogP contribution >= 0.6 is 0 Å². The Balaban J connectivity index is 1.58. The summed E-state index contributed by atoms with van der Waals surface area (Å²) in [6, 6.07) is 3.98. The summed E-state index contributed by atoms with van der Waals surface area (Å²) in [5, 5.41) is 10.1. The number of carbonyl (C=O) groups is 1. The van der Waals surface area contributed by atoms with E-state index in [1.54, 1.807) is 6.20 Å². The second-order valence-corrected chi connectivity index (χ2v) is 6.25. The van der Waals surface area contributed by atoms with Crippen molar-refractivity contribution in [2.75, 3.05) is 51.2 Å². The van der Waals surface area contributed by atoms with E-state index in [0.717, 1.165) is 25.3 Å². The first-order valence-corrected chi connectivity index (χ1v) is 7.95. The van der Waals surface area contributed by atoms with Crippen molar-refractivity contribution in [2.45, 2.75) is 12.5 Å². The van der Waals surface area contributed by atoms with Crippen LogP contribution in [0.5, 0.6) is 0 Å². The maximum atomic E-state index is 12.7. The number of piperidine rings is 1. The molecule has 2 saturated heterocycles. The van der Waals surface area contributed by atoms with Crippen molar-refractivity contribution in [3.63, 3.8) is 0 Å². The Morgan fingerprint density at radius 3 is 2.73 bits per heavy atom. The molecule has 0 radical (unpaired) electrons. The van der Waals surface area contributed by atoms with Crippen LogP contribution in [0, 0.1) is 5.92 Å². The molecular weight excluding hydrogens is 280 g/mol. The highest BCUT2D eigenvalue weighted by atomic mass is 16.3. The lowest BCUT2D eigenvalue weighted by Crippen LogP contribution is -2.55. The summed E-state index contributed by atoms with van der Waals surface area (Å²) < 4.78 is 0. The fourth-order valence-electron chi connectivity index (χ4n) is 3.31. The highest BCUT2D eigenvalue weighted by Crippen LogP contribution is 2.21. The molecule has 6 heteroatoms. The van der Waals surface area contributed by atoms with Crippen LogP contribution in [0.4, 0.5) is 5.69 Å². The molecule has 0 unspecified atom stereocenters. The summed E-state index contributed by atoms with van der Waals surface area (Å²) in [4.78, 5) is 23.1. The maximum absolute atomic E-state index is 12.7. The molecule has 3 heterocycles. The lowest BCUT2D eigenvalue weighted by molar-refractivity contribution is -0.142. The number of rotatable bonds is 2. The average Bonchev–Trinajstić information content (AvgIpc) is 2.57. The van der Waals surface area contributed by atoms with Crippen molar-refractivity contribution in [3.8, 4) is 0 Å². The highest BCUT2D eigenvalue weighted by molar-refractivity contribution is 5.80. The number of aliphatic hydroxyl groups excluding tert-OH is 1. The van der Waals surface area contributed by atoms with Gasteiger partial charge in [-0.2, -0.15) is 0 Å². The summed E-state index contributed by atoms with van der Waals surface area (Å²) in [5.41, 5.74) is 1.10. The van der Waals surface area contributed by atoms with Gasteiger partial charge in [0, 0.05) is 45.5 Å². The number of likely N-dealkylation sites (tertiary alicyclic amines) is 1. The van der Waals surface area contributed by atoms with Crippen molar-refractivity contribution >= 4 is 11.6 Å². The zero-order valence-electron chi connectivity index (χ0n) is 13.1. The monoisotopic (exact) mass is 304 g/mol. The van der Waals surface area contributed by atoms with Gasteiger partial charge < -0.3 is 19.8 Å². The molecule has 2 atom stereocenters. The molecule has 1 aromatic rings. The van der Waals surface area contributed by atoms with Gasteiger partial charge in [-0.15, -0.1) is 0 Å². The Kier molecular flexibility index (Phi) is 4.59. The summed E-state index contributed by atoms with van der Waals surface area (Å²) in [6.07, 6.45) is 3.81. The Morgan fingerprint density at radius 1 is 1.27 bits per heavy atom. The quantitative estimate of drug-likeness (QED) is 0.836. The Morgan fingerprint density at radius 2 is 2.05 bits per heavy atom. The van der Waals surface area contributed by atoms with Crippen molar-refractivity contribution < 1.29 is 9.90 Å². The van der Waals surface area contributed by atoms with Gasteiger partial charge in [0.25, 0.3) is 0 Å². The molecule has 2 aliphatic rings. The van der Waals surface area contributed by atoms with Gasteiger partial charge in [0.15, 0.2) is 0 Å².